The summed E-state index contributed by atoms with van der Waals surface area (Å²) in [5, 5.41) is 23.5. The van der Waals surface area contributed by atoms with Crippen LogP contribution in [0.25, 0.3) is 0 Å². The summed E-state index contributed by atoms with van der Waals surface area (Å²) in [6.07, 6.45) is 0.835. The summed E-state index contributed by atoms with van der Waals surface area (Å²) >= 11 is 0. The summed E-state index contributed by atoms with van der Waals surface area (Å²) in [6, 6.07) is 0. The van der Waals surface area contributed by atoms with Crippen LogP contribution in [0.5, 0.6) is 0 Å². The molecule has 1 aromatic rings. The first-order valence-electron chi connectivity index (χ1n) is 3.94. The molecule has 1 heterocycles. The monoisotopic (exact) mass is 185 g/mol. The van der Waals surface area contributed by atoms with Gasteiger partial charge in [-0.3, -0.25) is 10.1 Å². The van der Waals surface area contributed by atoms with Crippen molar-refractivity contribution in [2.75, 3.05) is 0 Å². The summed E-state index contributed by atoms with van der Waals surface area (Å²) in [7, 11) is 0. The Labute approximate surface area is 74.9 Å². The van der Waals surface area contributed by atoms with Crippen LogP contribution in [0.4, 0.5) is 5.69 Å². The summed E-state index contributed by atoms with van der Waals surface area (Å²) in [4.78, 5) is 9.90. The molecule has 0 aliphatic carbocycles. The van der Waals surface area contributed by atoms with Crippen molar-refractivity contribution in [3.63, 3.8) is 0 Å². The zero-order valence-electron chi connectivity index (χ0n) is 7.47. The third-order valence-electron chi connectivity index (χ3n) is 1.86. The van der Waals surface area contributed by atoms with E-state index in [1.54, 1.807) is 13.8 Å². The van der Waals surface area contributed by atoms with Gasteiger partial charge in [-0.2, -0.15) is 5.10 Å². The summed E-state index contributed by atoms with van der Waals surface area (Å²) < 4.78 is 1.25. The Hall–Kier alpha value is -1.43. The van der Waals surface area contributed by atoms with Gasteiger partial charge < -0.3 is 5.11 Å². The highest BCUT2D eigenvalue weighted by Gasteiger charge is 2.19. The summed E-state index contributed by atoms with van der Waals surface area (Å²) in [5.74, 6) is 0. The fourth-order valence-corrected chi connectivity index (χ4v) is 1.07. The minimum Gasteiger partial charge on any atom is -0.372 e. The van der Waals surface area contributed by atoms with Crippen molar-refractivity contribution in [3.8, 4) is 0 Å². The number of nitro groups is 1. The maximum atomic E-state index is 10.4. The predicted molar refractivity (Wildman–Crippen MR) is 45.2 cm³/mol. The van der Waals surface area contributed by atoms with E-state index in [1.165, 1.54) is 4.68 Å². The van der Waals surface area contributed by atoms with Gasteiger partial charge in [0.1, 0.15) is 18.1 Å². The highest BCUT2D eigenvalue weighted by atomic mass is 16.6. The van der Waals surface area contributed by atoms with Gasteiger partial charge in [-0.15, -0.1) is 0 Å². The molecule has 1 aromatic heterocycles. The SMILES string of the molecule is CCC(O)n1ncc([N+](=O)[O-])c1C. The Morgan fingerprint density at radius 3 is 2.85 bits per heavy atom. The van der Waals surface area contributed by atoms with E-state index in [0.717, 1.165) is 6.20 Å². The molecule has 1 unspecified atom stereocenters. The molecular weight excluding hydrogens is 174 g/mol. The lowest BCUT2D eigenvalue weighted by atomic mass is 10.4. The number of aliphatic hydroxyl groups is 1. The highest BCUT2D eigenvalue weighted by molar-refractivity contribution is 5.31. The molecule has 0 aliphatic rings. The normalized spacial score (nSPS) is 12.8. The molecule has 0 spiro atoms. The van der Waals surface area contributed by atoms with E-state index >= 15 is 0 Å². The first kappa shape index (κ1) is 9.66. The van der Waals surface area contributed by atoms with Gasteiger partial charge in [-0.25, -0.2) is 4.68 Å². The molecule has 1 rings (SSSR count). The van der Waals surface area contributed by atoms with E-state index in [-0.39, 0.29) is 5.69 Å². The predicted octanol–water partition coefficient (Wildman–Crippen LogP) is 1.00. The van der Waals surface area contributed by atoms with Crippen molar-refractivity contribution in [2.45, 2.75) is 26.5 Å². The standard InChI is InChI=1S/C7H11N3O3/c1-3-7(11)9-5(2)6(4-8-9)10(12)13/h4,7,11H,3H2,1-2H3. The van der Waals surface area contributed by atoms with Crippen molar-refractivity contribution < 1.29 is 10.0 Å². The molecule has 0 radical (unpaired) electrons. The molecule has 0 saturated heterocycles. The van der Waals surface area contributed by atoms with E-state index in [1.807, 2.05) is 0 Å². The molecule has 0 aliphatic heterocycles. The van der Waals surface area contributed by atoms with Gasteiger partial charge in [0, 0.05) is 0 Å². The Morgan fingerprint density at radius 2 is 2.46 bits per heavy atom. The molecule has 0 fully saturated rings. The molecule has 0 bridgehead atoms. The van der Waals surface area contributed by atoms with E-state index in [2.05, 4.69) is 5.10 Å². The van der Waals surface area contributed by atoms with Crippen LogP contribution in [0.15, 0.2) is 6.20 Å². The van der Waals surface area contributed by atoms with Crippen LogP contribution in [-0.4, -0.2) is 19.8 Å². The first-order chi connectivity index (χ1) is 6.07. The Bertz CT molecular complexity index is 321. The molecule has 13 heavy (non-hydrogen) atoms. The average molecular weight is 185 g/mol. The highest BCUT2D eigenvalue weighted by Crippen LogP contribution is 2.19. The van der Waals surface area contributed by atoms with Crippen LogP contribution in [0.1, 0.15) is 25.3 Å². The third-order valence-corrected chi connectivity index (χ3v) is 1.86. The Balaban J connectivity index is 3.06. The first-order valence-corrected chi connectivity index (χ1v) is 3.94. The number of nitrogens with zero attached hydrogens (tertiary/aromatic N) is 3. The van der Waals surface area contributed by atoms with E-state index in [0.29, 0.717) is 12.1 Å². The second kappa shape index (κ2) is 3.53. The molecule has 0 aromatic carbocycles. The molecule has 6 nitrogen and oxygen atoms in total. The van der Waals surface area contributed by atoms with Crippen molar-refractivity contribution in [3.05, 3.63) is 22.0 Å². The van der Waals surface area contributed by atoms with Crippen LogP contribution < -0.4 is 0 Å². The minimum absolute atomic E-state index is 0.0625. The zero-order chi connectivity index (χ0) is 10.0. The quantitative estimate of drug-likeness (QED) is 0.562. The smallest absolute Gasteiger partial charge is 0.309 e. The molecule has 6 heteroatoms. The van der Waals surface area contributed by atoms with Gasteiger partial charge in [0.15, 0.2) is 0 Å². The Kier molecular flexibility index (Phi) is 2.62. The number of hydrogen-bond donors (Lipinski definition) is 1. The zero-order valence-corrected chi connectivity index (χ0v) is 7.47. The number of hydrogen-bond acceptors (Lipinski definition) is 4. The van der Waals surface area contributed by atoms with Crippen LogP contribution in [0.3, 0.4) is 0 Å². The van der Waals surface area contributed by atoms with Crippen molar-refractivity contribution >= 4 is 5.69 Å². The molecule has 0 amide bonds. The Morgan fingerprint density at radius 1 is 1.85 bits per heavy atom. The van der Waals surface area contributed by atoms with Gasteiger partial charge in [-0.1, -0.05) is 6.92 Å². The second-order valence-electron chi connectivity index (χ2n) is 2.71. The summed E-state index contributed by atoms with van der Waals surface area (Å²) in [5.41, 5.74) is 0.312. The van der Waals surface area contributed by atoms with E-state index < -0.39 is 11.2 Å². The third kappa shape index (κ3) is 1.67. The van der Waals surface area contributed by atoms with Crippen LogP contribution >= 0.6 is 0 Å². The van der Waals surface area contributed by atoms with Crippen molar-refractivity contribution in [1.29, 1.82) is 0 Å². The molecule has 1 atom stereocenters. The molecule has 1 N–H and O–H groups in total. The van der Waals surface area contributed by atoms with Crippen LogP contribution in [0.2, 0.25) is 0 Å². The average Bonchev–Trinajstić information content (AvgIpc) is 2.46. The lowest BCUT2D eigenvalue weighted by Gasteiger charge is -2.08. The van der Waals surface area contributed by atoms with Gasteiger partial charge >= 0.3 is 5.69 Å². The largest absolute Gasteiger partial charge is 0.372 e. The number of aliphatic hydroxyl groups excluding tert-OH is 1. The van der Waals surface area contributed by atoms with E-state index in [4.69, 9.17) is 0 Å². The topological polar surface area (TPSA) is 81.2 Å². The van der Waals surface area contributed by atoms with Crippen molar-refractivity contribution in [2.24, 2.45) is 0 Å². The van der Waals surface area contributed by atoms with Crippen LogP contribution in [0, 0.1) is 17.0 Å². The maximum absolute atomic E-state index is 10.4. The summed E-state index contributed by atoms with van der Waals surface area (Å²) in [6.45, 7) is 3.33. The molecule has 72 valence electrons. The van der Waals surface area contributed by atoms with Gasteiger partial charge in [0.05, 0.1) is 4.92 Å². The van der Waals surface area contributed by atoms with Gasteiger partial charge in [-0.05, 0) is 13.3 Å². The second-order valence-corrected chi connectivity index (χ2v) is 2.71. The number of aromatic nitrogens is 2. The van der Waals surface area contributed by atoms with Crippen molar-refractivity contribution in [1.82, 2.24) is 9.78 Å². The molecule has 0 saturated carbocycles. The lowest BCUT2D eigenvalue weighted by molar-refractivity contribution is -0.385. The maximum Gasteiger partial charge on any atom is 0.309 e. The lowest BCUT2D eigenvalue weighted by Crippen LogP contribution is -2.10. The van der Waals surface area contributed by atoms with Gasteiger partial charge in [0.2, 0.25) is 0 Å². The number of rotatable bonds is 3. The van der Waals surface area contributed by atoms with Gasteiger partial charge in [0.25, 0.3) is 0 Å². The minimum atomic E-state index is -0.784. The van der Waals surface area contributed by atoms with E-state index in [9.17, 15) is 15.2 Å². The fourth-order valence-electron chi connectivity index (χ4n) is 1.07. The fraction of sp³-hybridized carbons (Fsp3) is 0.571. The molecular formula is C7H11N3O3. The van der Waals surface area contributed by atoms with Crippen LogP contribution in [-0.2, 0) is 0 Å².